The Bertz CT molecular complexity index is 609. The molecular formula is C12H15NO5S2. The molecule has 0 aromatic carbocycles. The van der Waals surface area contributed by atoms with Gasteiger partial charge in [-0.3, -0.25) is 4.79 Å². The lowest BCUT2D eigenvalue weighted by molar-refractivity contribution is -0.139. The van der Waals surface area contributed by atoms with E-state index in [4.69, 9.17) is 5.11 Å². The van der Waals surface area contributed by atoms with E-state index in [0.717, 1.165) is 4.88 Å². The van der Waals surface area contributed by atoms with Crippen LogP contribution in [0.5, 0.6) is 0 Å². The van der Waals surface area contributed by atoms with E-state index < -0.39 is 21.7 Å². The molecule has 0 atom stereocenters. The third kappa shape index (κ3) is 5.71. The number of esters is 1. The van der Waals surface area contributed by atoms with Crippen molar-refractivity contribution in [3.8, 4) is 11.8 Å². The van der Waals surface area contributed by atoms with Gasteiger partial charge in [0.25, 0.3) is 0 Å². The predicted molar refractivity (Wildman–Crippen MR) is 75.5 cm³/mol. The first-order chi connectivity index (χ1) is 9.48. The largest absolute Gasteiger partial charge is 0.465 e. The molecule has 0 aliphatic heterocycles. The quantitative estimate of drug-likeness (QED) is 0.572. The Kier molecular flexibility index (Phi) is 6.67. The van der Waals surface area contributed by atoms with E-state index in [1.54, 1.807) is 18.4 Å². The van der Waals surface area contributed by atoms with E-state index in [0.29, 0.717) is 5.56 Å². The molecule has 0 aliphatic carbocycles. The highest BCUT2D eigenvalue weighted by molar-refractivity contribution is 7.90. The summed E-state index contributed by atoms with van der Waals surface area (Å²) in [7, 11) is -3.73. The van der Waals surface area contributed by atoms with Crippen LogP contribution in [0.1, 0.15) is 17.4 Å². The molecule has 1 aromatic rings. The molecule has 110 valence electrons. The monoisotopic (exact) mass is 317 g/mol. The number of rotatable bonds is 6. The number of hydrogen-bond donors (Lipinski definition) is 2. The van der Waals surface area contributed by atoms with Gasteiger partial charge in [-0.2, -0.15) is 0 Å². The predicted octanol–water partition coefficient (Wildman–Crippen LogP) is 0.0744. The summed E-state index contributed by atoms with van der Waals surface area (Å²) in [5, 5.41) is 10.4. The lowest BCUT2D eigenvalue weighted by atomic mass is 10.2. The average Bonchev–Trinajstić information content (AvgIpc) is 2.81. The number of aliphatic hydroxyl groups excluding tert-OH is 1. The summed E-state index contributed by atoms with van der Waals surface area (Å²) >= 11 is 1.34. The van der Waals surface area contributed by atoms with Crippen LogP contribution in [0.15, 0.2) is 11.4 Å². The molecule has 0 radical (unpaired) electrons. The average molecular weight is 317 g/mol. The van der Waals surface area contributed by atoms with E-state index in [1.807, 2.05) is 0 Å². The van der Waals surface area contributed by atoms with Gasteiger partial charge in [-0.05, 0) is 18.4 Å². The topological polar surface area (TPSA) is 92.7 Å². The van der Waals surface area contributed by atoms with E-state index in [9.17, 15) is 13.2 Å². The van der Waals surface area contributed by atoms with E-state index >= 15 is 0 Å². The van der Waals surface area contributed by atoms with Crippen molar-refractivity contribution in [2.45, 2.75) is 13.5 Å². The lowest BCUT2D eigenvalue weighted by Crippen LogP contribution is -2.30. The zero-order valence-electron chi connectivity index (χ0n) is 10.9. The molecule has 8 heteroatoms. The molecule has 1 rings (SSSR count). The standard InChI is InChI=1S/C12H15NO5S2/c1-2-18-12(15)9-20(16,17)13-8-11-10(4-3-6-14)5-7-19-11/h5,7,13-14H,2,6,8-9H2,1H3. The Labute approximate surface area is 121 Å². The fourth-order valence-electron chi connectivity index (χ4n) is 1.31. The van der Waals surface area contributed by atoms with Gasteiger partial charge in [0, 0.05) is 17.0 Å². The molecule has 20 heavy (non-hydrogen) atoms. The molecule has 0 saturated carbocycles. The van der Waals surface area contributed by atoms with Crippen molar-refractivity contribution in [1.29, 1.82) is 0 Å². The Morgan fingerprint density at radius 3 is 2.95 bits per heavy atom. The summed E-state index contributed by atoms with van der Waals surface area (Å²) < 4.78 is 30.2. The Hall–Kier alpha value is -1.40. The molecule has 2 N–H and O–H groups in total. The maximum atomic E-state index is 11.7. The van der Waals surface area contributed by atoms with Crippen LogP contribution < -0.4 is 4.72 Å². The third-order valence-electron chi connectivity index (χ3n) is 2.11. The second kappa shape index (κ2) is 8.01. The highest BCUT2D eigenvalue weighted by Crippen LogP contribution is 2.15. The molecule has 0 spiro atoms. The summed E-state index contributed by atoms with van der Waals surface area (Å²) in [4.78, 5) is 11.9. The first-order valence-electron chi connectivity index (χ1n) is 5.77. The summed E-state index contributed by atoms with van der Waals surface area (Å²) in [5.74, 6) is 3.73. The second-order valence-corrected chi connectivity index (χ2v) is 6.41. The number of carbonyl (C=O) groups excluding carboxylic acids is 1. The van der Waals surface area contributed by atoms with Crippen molar-refractivity contribution >= 4 is 27.3 Å². The van der Waals surface area contributed by atoms with Crippen LogP contribution >= 0.6 is 11.3 Å². The first kappa shape index (κ1) is 16.7. The van der Waals surface area contributed by atoms with Crippen molar-refractivity contribution in [2.24, 2.45) is 0 Å². The van der Waals surface area contributed by atoms with Gasteiger partial charge in [0.2, 0.25) is 10.0 Å². The van der Waals surface area contributed by atoms with Crippen molar-refractivity contribution in [2.75, 3.05) is 19.0 Å². The van der Waals surface area contributed by atoms with Crippen LogP contribution in [0.4, 0.5) is 0 Å². The van der Waals surface area contributed by atoms with Crippen LogP contribution in [-0.4, -0.2) is 38.5 Å². The van der Waals surface area contributed by atoms with Crippen molar-refractivity contribution in [3.05, 3.63) is 21.9 Å². The van der Waals surface area contributed by atoms with Gasteiger partial charge in [0.1, 0.15) is 6.61 Å². The van der Waals surface area contributed by atoms with Gasteiger partial charge in [-0.1, -0.05) is 11.8 Å². The smallest absolute Gasteiger partial charge is 0.322 e. The maximum Gasteiger partial charge on any atom is 0.322 e. The summed E-state index contributed by atoms with van der Waals surface area (Å²) in [5.41, 5.74) is 0.655. The first-order valence-corrected chi connectivity index (χ1v) is 8.30. The molecule has 0 aliphatic rings. The van der Waals surface area contributed by atoms with E-state index in [-0.39, 0.29) is 19.8 Å². The summed E-state index contributed by atoms with van der Waals surface area (Å²) in [6, 6.07) is 1.74. The van der Waals surface area contributed by atoms with Crippen LogP contribution in [-0.2, 0) is 26.1 Å². The number of nitrogens with one attached hydrogen (secondary N) is 1. The molecule has 0 saturated heterocycles. The number of ether oxygens (including phenoxy) is 1. The summed E-state index contributed by atoms with van der Waals surface area (Å²) in [6.07, 6.45) is 0. The zero-order chi connectivity index (χ0) is 15.0. The molecule has 1 aromatic heterocycles. The molecule has 0 unspecified atom stereocenters. The number of hydrogen-bond acceptors (Lipinski definition) is 6. The highest BCUT2D eigenvalue weighted by atomic mass is 32.2. The van der Waals surface area contributed by atoms with Crippen molar-refractivity contribution in [1.82, 2.24) is 4.72 Å². The van der Waals surface area contributed by atoms with Crippen molar-refractivity contribution < 1.29 is 23.1 Å². The Morgan fingerprint density at radius 1 is 1.55 bits per heavy atom. The van der Waals surface area contributed by atoms with Crippen LogP contribution in [0.3, 0.4) is 0 Å². The fourth-order valence-corrected chi connectivity index (χ4v) is 3.03. The normalized spacial score (nSPS) is 10.7. The van der Waals surface area contributed by atoms with Crippen molar-refractivity contribution in [3.63, 3.8) is 0 Å². The fraction of sp³-hybridized carbons (Fsp3) is 0.417. The molecule has 6 nitrogen and oxygen atoms in total. The Balaban J connectivity index is 2.63. The van der Waals surface area contributed by atoms with Gasteiger partial charge >= 0.3 is 5.97 Å². The van der Waals surface area contributed by atoms with E-state index in [1.165, 1.54) is 11.3 Å². The zero-order valence-corrected chi connectivity index (χ0v) is 12.5. The van der Waals surface area contributed by atoms with Gasteiger partial charge in [0.05, 0.1) is 6.61 Å². The number of carbonyl (C=O) groups is 1. The third-order valence-corrected chi connectivity index (χ3v) is 4.23. The second-order valence-electron chi connectivity index (χ2n) is 3.60. The number of sulfonamides is 1. The van der Waals surface area contributed by atoms with Crippen LogP contribution in [0, 0.1) is 11.8 Å². The summed E-state index contributed by atoms with van der Waals surface area (Å²) in [6.45, 7) is 1.54. The minimum atomic E-state index is -3.73. The molecule has 0 amide bonds. The molecular weight excluding hydrogens is 302 g/mol. The van der Waals surface area contributed by atoms with Gasteiger partial charge in [-0.15, -0.1) is 11.3 Å². The van der Waals surface area contributed by atoms with Crippen LogP contribution in [0.25, 0.3) is 0 Å². The molecule has 0 fully saturated rings. The number of thiophene rings is 1. The van der Waals surface area contributed by atoms with E-state index in [2.05, 4.69) is 21.3 Å². The highest BCUT2D eigenvalue weighted by Gasteiger charge is 2.17. The molecule has 1 heterocycles. The lowest BCUT2D eigenvalue weighted by Gasteiger charge is -2.05. The number of aliphatic hydroxyl groups is 1. The SMILES string of the molecule is CCOC(=O)CS(=O)(=O)NCc1sccc1C#CCO. The molecule has 0 bridgehead atoms. The van der Waals surface area contributed by atoms with Gasteiger partial charge in [-0.25, -0.2) is 13.1 Å². The van der Waals surface area contributed by atoms with Gasteiger partial charge < -0.3 is 9.84 Å². The minimum Gasteiger partial charge on any atom is -0.465 e. The minimum absolute atomic E-state index is 0.0504. The van der Waals surface area contributed by atoms with Gasteiger partial charge in [0.15, 0.2) is 5.75 Å². The van der Waals surface area contributed by atoms with Crippen LogP contribution in [0.2, 0.25) is 0 Å². The maximum absolute atomic E-state index is 11.7. The Morgan fingerprint density at radius 2 is 2.30 bits per heavy atom.